The summed E-state index contributed by atoms with van der Waals surface area (Å²) in [6.07, 6.45) is -0.896. The Balaban J connectivity index is 1.67. The van der Waals surface area contributed by atoms with Crippen LogP contribution in [-0.4, -0.2) is 22.8 Å². The summed E-state index contributed by atoms with van der Waals surface area (Å²) < 4.78 is 5.57. The molecule has 1 aromatic heterocycles. The second kappa shape index (κ2) is 8.29. The minimum absolute atomic E-state index is 0.231. The second-order valence-electron chi connectivity index (χ2n) is 7.22. The fourth-order valence-electron chi connectivity index (χ4n) is 3.33. The quantitative estimate of drug-likeness (QED) is 0.324. The van der Waals surface area contributed by atoms with Crippen molar-refractivity contribution in [2.24, 2.45) is 0 Å². The summed E-state index contributed by atoms with van der Waals surface area (Å²) in [5.41, 5.74) is 4.25. The van der Waals surface area contributed by atoms with E-state index in [2.05, 4.69) is 4.98 Å². The number of pyridine rings is 1. The van der Waals surface area contributed by atoms with Gasteiger partial charge in [0.05, 0.1) is 16.8 Å². The van der Waals surface area contributed by atoms with Crippen LogP contribution in [0, 0.1) is 6.92 Å². The zero-order chi connectivity index (χ0) is 21.1. The number of para-hydroxylation sites is 1. The van der Waals surface area contributed by atoms with Gasteiger partial charge in [0.2, 0.25) is 5.78 Å². The van der Waals surface area contributed by atoms with Gasteiger partial charge >= 0.3 is 5.97 Å². The molecule has 4 heteroatoms. The van der Waals surface area contributed by atoms with Crippen LogP contribution < -0.4 is 0 Å². The summed E-state index contributed by atoms with van der Waals surface area (Å²) in [6, 6.07) is 26.0. The van der Waals surface area contributed by atoms with Crippen molar-refractivity contribution in [2.45, 2.75) is 20.0 Å². The van der Waals surface area contributed by atoms with E-state index in [4.69, 9.17) is 4.74 Å². The van der Waals surface area contributed by atoms with E-state index in [1.165, 1.54) is 0 Å². The maximum Gasteiger partial charge on any atom is 0.339 e. The molecule has 0 amide bonds. The van der Waals surface area contributed by atoms with Gasteiger partial charge in [-0.25, -0.2) is 9.78 Å². The highest BCUT2D eigenvalue weighted by molar-refractivity contribution is 6.06. The zero-order valence-electron chi connectivity index (χ0n) is 16.8. The molecule has 3 aromatic carbocycles. The number of benzene rings is 3. The van der Waals surface area contributed by atoms with E-state index < -0.39 is 12.1 Å². The number of rotatable bonds is 5. The molecule has 4 rings (SSSR count). The first-order valence-corrected chi connectivity index (χ1v) is 9.80. The normalized spacial score (nSPS) is 11.8. The van der Waals surface area contributed by atoms with Gasteiger partial charge in [0.25, 0.3) is 0 Å². The monoisotopic (exact) mass is 395 g/mol. The number of ether oxygens (including phenoxy) is 1. The van der Waals surface area contributed by atoms with Crippen LogP contribution >= 0.6 is 0 Å². The standard InChI is InChI=1S/C26H21NO3/c1-17-12-14-20(15-13-17)25(28)18(2)30-26(29)22-16-24(19-8-4-3-5-9-19)27-23-11-7-6-10-21(22)23/h3-16,18H,1-2H3/t18-/m1/s1. The summed E-state index contributed by atoms with van der Waals surface area (Å²) in [5, 5.41) is 0.692. The van der Waals surface area contributed by atoms with Crippen LogP contribution in [0.3, 0.4) is 0 Å². The van der Waals surface area contributed by atoms with Crippen LogP contribution in [-0.2, 0) is 4.74 Å². The van der Waals surface area contributed by atoms with Gasteiger partial charge in [-0.1, -0.05) is 78.4 Å². The Morgan fingerprint density at radius 3 is 2.27 bits per heavy atom. The van der Waals surface area contributed by atoms with Crippen LogP contribution in [0.5, 0.6) is 0 Å². The fourth-order valence-corrected chi connectivity index (χ4v) is 3.33. The van der Waals surface area contributed by atoms with Crippen molar-refractivity contribution in [1.82, 2.24) is 4.98 Å². The van der Waals surface area contributed by atoms with E-state index in [1.54, 1.807) is 25.1 Å². The molecule has 0 spiro atoms. The second-order valence-corrected chi connectivity index (χ2v) is 7.22. The van der Waals surface area contributed by atoms with E-state index >= 15 is 0 Å². The van der Waals surface area contributed by atoms with Crippen molar-refractivity contribution < 1.29 is 14.3 Å². The Labute approximate surface area is 175 Å². The number of aromatic nitrogens is 1. The first-order valence-electron chi connectivity index (χ1n) is 9.80. The average Bonchev–Trinajstić information content (AvgIpc) is 2.78. The average molecular weight is 395 g/mol. The number of esters is 1. The molecular weight excluding hydrogens is 374 g/mol. The van der Waals surface area contributed by atoms with Gasteiger partial charge in [-0.2, -0.15) is 0 Å². The van der Waals surface area contributed by atoms with E-state index in [9.17, 15) is 9.59 Å². The van der Waals surface area contributed by atoms with Gasteiger partial charge in [-0.05, 0) is 26.0 Å². The van der Waals surface area contributed by atoms with E-state index in [0.29, 0.717) is 27.7 Å². The third kappa shape index (κ3) is 3.98. The molecule has 0 saturated heterocycles. The molecule has 0 aliphatic rings. The van der Waals surface area contributed by atoms with Crippen LogP contribution in [0.25, 0.3) is 22.2 Å². The Kier molecular flexibility index (Phi) is 5.40. The largest absolute Gasteiger partial charge is 0.451 e. The van der Waals surface area contributed by atoms with E-state index in [0.717, 1.165) is 11.1 Å². The van der Waals surface area contributed by atoms with Crippen molar-refractivity contribution in [2.75, 3.05) is 0 Å². The number of hydrogen-bond acceptors (Lipinski definition) is 4. The highest BCUT2D eigenvalue weighted by Crippen LogP contribution is 2.26. The molecule has 4 aromatic rings. The lowest BCUT2D eigenvalue weighted by atomic mass is 10.0. The molecule has 0 aliphatic heterocycles. The zero-order valence-corrected chi connectivity index (χ0v) is 16.8. The van der Waals surface area contributed by atoms with Crippen LogP contribution in [0.4, 0.5) is 0 Å². The molecular formula is C26H21NO3. The molecule has 1 atom stereocenters. The molecule has 30 heavy (non-hydrogen) atoms. The highest BCUT2D eigenvalue weighted by Gasteiger charge is 2.22. The van der Waals surface area contributed by atoms with Crippen molar-refractivity contribution in [3.8, 4) is 11.3 Å². The van der Waals surface area contributed by atoms with E-state index in [1.807, 2.05) is 73.7 Å². The first-order chi connectivity index (χ1) is 14.5. The number of carbonyl (C=O) groups excluding carboxylic acids is 2. The van der Waals surface area contributed by atoms with Gasteiger partial charge in [0, 0.05) is 16.5 Å². The Hall–Kier alpha value is -3.79. The van der Waals surface area contributed by atoms with Crippen LogP contribution in [0.1, 0.15) is 33.2 Å². The topological polar surface area (TPSA) is 56.3 Å². The lowest BCUT2D eigenvalue weighted by Crippen LogP contribution is -2.24. The maximum absolute atomic E-state index is 13.0. The molecule has 0 aliphatic carbocycles. The van der Waals surface area contributed by atoms with Gasteiger partial charge in [0.1, 0.15) is 0 Å². The van der Waals surface area contributed by atoms with Gasteiger partial charge in [-0.3, -0.25) is 4.79 Å². The SMILES string of the molecule is Cc1ccc(C(=O)[C@@H](C)OC(=O)c2cc(-c3ccccc3)nc3ccccc23)cc1. The molecule has 0 radical (unpaired) electrons. The van der Waals surface area contributed by atoms with Crippen molar-refractivity contribution in [3.05, 3.63) is 102 Å². The minimum atomic E-state index is -0.896. The fraction of sp³-hybridized carbons (Fsp3) is 0.115. The molecule has 0 saturated carbocycles. The number of Topliss-reactive ketones (excluding diaryl/α,β-unsaturated/α-hetero) is 1. The number of aryl methyl sites for hydroxylation is 1. The number of ketones is 1. The Morgan fingerprint density at radius 1 is 0.867 bits per heavy atom. The van der Waals surface area contributed by atoms with Crippen molar-refractivity contribution in [3.63, 3.8) is 0 Å². The molecule has 148 valence electrons. The lowest BCUT2D eigenvalue weighted by Gasteiger charge is -2.14. The summed E-state index contributed by atoms with van der Waals surface area (Å²) in [6.45, 7) is 3.55. The van der Waals surface area contributed by atoms with Crippen molar-refractivity contribution >= 4 is 22.7 Å². The maximum atomic E-state index is 13.0. The number of fused-ring (bicyclic) bond motifs is 1. The van der Waals surface area contributed by atoms with E-state index in [-0.39, 0.29) is 5.78 Å². The molecule has 0 unspecified atom stereocenters. The molecule has 1 heterocycles. The van der Waals surface area contributed by atoms with Gasteiger partial charge < -0.3 is 4.74 Å². The third-order valence-corrected chi connectivity index (χ3v) is 4.99. The van der Waals surface area contributed by atoms with Crippen LogP contribution in [0.2, 0.25) is 0 Å². The highest BCUT2D eigenvalue weighted by atomic mass is 16.5. The molecule has 4 nitrogen and oxygen atoms in total. The van der Waals surface area contributed by atoms with Gasteiger partial charge in [-0.15, -0.1) is 0 Å². The number of nitrogens with zero attached hydrogens (tertiary/aromatic N) is 1. The van der Waals surface area contributed by atoms with Crippen LogP contribution in [0.15, 0.2) is 84.9 Å². The number of carbonyl (C=O) groups is 2. The third-order valence-electron chi connectivity index (χ3n) is 4.99. The smallest absolute Gasteiger partial charge is 0.339 e. The van der Waals surface area contributed by atoms with Gasteiger partial charge in [0.15, 0.2) is 6.10 Å². The summed E-state index contributed by atoms with van der Waals surface area (Å²) in [4.78, 5) is 30.4. The number of hydrogen-bond donors (Lipinski definition) is 0. The molecule has 0 bridgehead atoms. The summed E-state index contributed by atoms with van der Waals surface area (Å²) in [5.74, 6) is -0.774. The minimum Gasteiger partial charge on any atom is -0.451 e. The summed E-state index contributed by atoms with van der Waals surface area (Å²) in [7, 11) is 0. The van der Waals surface area contributed by atoms with Crippen molar-refractivity contribution in [1.29, 1.82) is 0 Å². The molecule has 0 N–H and O–H groups in total. The lowest BCUT2D eigenvalue weighted by molar-refractivity contribution is 0.0320. The predicted molar refractivity (Wildman–Crippen MR) is 118 cm³/mol. The predicted octanol–water partition coefficient (Wildman–Crippen LogP) is 5.64. The first kappa shape index (κ1) is 19.5. The summed E-state index contributed by atoms with van der Waals surface area (Å²) >= 11 is 0. The molecule has 0 fully saturated rings. The Morgan fingerprint density at radius 2 is 1.53 bits per heavy atom. The Bertz CT molecular complexity index is 1210.